The summed E-state index contributed by atoms with van der Waals surface area (Å²) in [6, 6.07) is 6.29. The van der Waals surface area contributed by atoms with Gasteiger partial charge in [-0.25, -0.2) is 0 Å². The van der Waals surface area contributed by atoms with E-state index in [0.717, 1.165) is 21.3 Å². The number of nitrogens with zero attached hydrogens (tertiary/aromatic N) is 1. The highest BCUT2D eigenvalue weighted by Gasteiger charge is 2.16. The van der Waals surface area contributed by atoms with E-state index in [9.17, 15) is 0 Å². The Morgan fingerprint density at radius 1 is 1.44 bits per heavy atom. The summed E-state index contributed by atoms with van der Waals surface area (Å²) in [5.41, 5.74) is 2.32. The molecule has 1 aromatic heterocycles. The molecule has 2 aromatic rings. The maximum Gasteiger partial charge on any atom is 0.178 e. The Hall–Kier alpha value is 0.0900. The number of fused-ring (bicyclic) bond motifs is 1. The Morgan fingerprint density at radius 2 is 2.33 bits per heavy atom. The molecule has 0 saturated carbocycles. The fourth-order valence-electron chi connectivity index (χ4n) is 2.16. The van der Waals surface area contributed by atoms with Gasteiger partial charge in [-0.05, 0) is 30.4 Å². The van der Waals surface area contributed by atoms with Gasteiger partial charge in [0.1, 0.15) is 0 Å². The monoisotopic (exact) mass is 360 g/mol. The number of rotatable bonds is 2. The zero-order valence-corrected chi connectivity index (χ0v) is 13.7. The molecular formula is C12H13BrN2S3. The second kappa shape index (κ2) is 5.61. The van der Waals surface area contributed by atoms with E-state index in [0.29, 0.717) is 5.25 Å². The van der Waals surface area contributed by atoms with Crippen LogP contribution in [0.15, 0.2) is 22.7 Å². The number of nitrogens with one attached hydrogen (secondary N) is 1. The summed E-state index contributed by atoms with van der Waals surface area (Å²) >= 11 is 13.1. The van der Waals surface area contributed by atoms with E-state index in [4.69, 9.17) is 12.2 Å². The number of imidazole rings is 1. The number of aromatic nitrogens is 2. The number of aromatic amines is 1. The van der Waals surface area contributed by atoms with Crippen molar-refractivity contribution >= 4 is 62.7 Å². The molecule has 1 aliphatic heterocycles. The molecule has 2 heterocycles. The van der Waals surface area contributed by atoms with Crippen LogP contribution in [0.5, 0.6) is 0 Å². The summed E-state index contributed by atoms with van der Waals surface area (Å²) in [7, 11) is 0. The van der Waals surface area contributed by atoms with Crippen molar-refractivity contribution in [2.24, 2.45) is 0 Å². The predicted octanol–water partition coefficient (Wildman–Crippen LogP) is 4.31. The molecule has 1 atom stereocenters. The van der Waals surface area contributed by atoms with Crippen molar-refractivity contribution in [2.45, 2.75) is 11.8 Å². The lowest BCUT2D eigenvalue weighted by Gasteiger charge is -2.21. The molecule has 96 valence electrons. The number of hydrogen-bond acceptors (Lipinski definition) is 3. The Kier molecular flexibility index (Phi) is 4.08. The van der Waals surface area contributed by atoms with Crippen LogP contribution in [0.4, 0.5) is 0 Å². The Labute approximate surface area is 128 Å². The third-order valence-electron chi connectivity index (χ3n) is 3.01. The number of benzene rings is 1. The molecule has 0 spiro atoms. The first-order valence-corrected chi connectivity index (χ1v) is 9.22. The van der Waals surface area contributed by atoms with Crippen LogP contribution in [-0.2, 0) is 6.54 Å². The van der Waals surface area contributed by atoms with Crippen molar-refractivity contribution in [2.75, 3.05) is 17.3 Å². The first kappa shape index (κ1) is 13.1. The SMILES string of the molecule is S=c1[nH]c2cc(Br)ccc2n1CC1CSCCS1. The average Bonchev–Trinajstić information content (AvgIpc) is 2.66. The van der Waals surface area contributed by atoms with Crippen molar-refractivity contribution in [3.63, 3.8) is 0 Å². The maximum absolute atomic E-state index is 5.44. The number of thioether (sulfide) groups is 2. The fraction of sp³-hybridized carbons (Fsp3) is 0.417. The Bertz CT molecular complexity index is 613. The largest absolute Gasteiger partial charge is 0.331 e. The third kappa shape index (κ3) is 2.66. The molecule has 2 nitrogen and oxygen atoms in total. The van der Waals surface area contributed by atoms with Gasteiger partial charge >= 0.3 is 0 Å². The molecule has 3 rings (SSSR count). The van der Waals surface area contributed by atoms with Gasteiger partial charge < -0.3 is 9.55 Å². The van der Waals surface area contributed by atoms with Crippen molar-refractivity contribution in [3.8, 4) is 0 Å². The lowest BCUT2D eigenvalue weighted by Crippen LogP contribution is -2.20. The normalized spacial score (nSPS) is 20.4. The molecule has 1 fully saturated rings. The smallest absolute Gasteiger partial charge is 0.178 e. The van der Waals surface area contributed by atoms with Crippen LogP contribution in [0.25, 0.3) is 11.0 Å². The van der Waals surface area contributed by atoms with Gasteiger partial charge in [0, 0.05) is 33.5 Å². The molecule has 1 N–H and O–H groups in total. The summed E-state index contributed by atoms with van der Waals surface area (Å²) < 4.78 is 4.15. The highest BCUT2D eigenvalue weighted by atomic mass is 79.9. The van der Waals surface area contributed by atoms with Crippen LogP contribution in [0.3, 0.4) is 0 Å². The van der Waals surface area contributed by atoms with Crippen LogP contribution in [-0.4, -0.2) is 32.1 Å². The molecule has 0 aliphatic carbocycles. The van der Waals surface area contributed by atoms with Crippen molar-refractivity contribution in [1.29, 1.82) is 0 Å². The molecule has 0 radical (unpaired) electrons. The minimum atomic E-state index is 0.679. The Balaban J connectivity index is 1.95. The first-order valence-electron chi connectivity index (χ1n) is 5.81. The third-order valence-corrected chi connectivity index (χ3v) is 6.65. The molecule has 0 bridgehead atoms. The molecule has 1 aromatic carbocycles. The van der Waals surface area contributed by atoms with E-state index in [1.165, 1.54) is 22.8 Å². The number of halogens is 1. The molecular weight excluding hydrogens is 348 g/mol. The van der Waals surface area contributed by atoms with Gasteiger partial charge in [0.15, 0.2) is 4.77 Å². The fourth-order valence-corrected chi connectivity index (χ4v) is 5.46. The van der Waals surface area contributed by atoms with Gasteiger partial charge in [0.2, 0.25) is 0 Å². The van der Waals surface area contributed by atoms with E-state index < -0.39 is 0 Å². The van der Waals surface area contributed by atoms with Crippen LogP contribution in [0, 0.1) is 4.77 Å². The predicted molar refractivity (Wildman–Crippen MR) is 88.4 cm³/mol. The zero-order valence-electron chi connectivity index (χ0n) is 9.69. The van der Waals surface area contributed by atoms with E-state index in [1.54, 1.807) is 0 Å². The van der Waals surface area contributed by atoms with Crippen LogP contribution >= 0.6 is 51.7 Å². The summed E-state index contributed by atoms with van der Waals surface area (Å²) in [5, 5.41) is 0.679. The lowest BCUT2D eigenvalue weighted by molar-refractivity contribution is 0.705. The van der Waals surface area contributed by atoms with Crippen molar-refractivity contribution < 1.29 is 0 Å². The van der Waals surface area contributed by atoms with Crippen molar-refractivity contribution in [1.82, 2.24) is 9.55 Å². The molecule has 1 saturated heterocycles. The van der Waals surface area contributed by atoms with E-state index in [2.05, 4.69) is 67.2 Å². The molecule has 18 heavy (non-hydrogen) atoms. The minimum Gasteiger partial charge on any atom is -0.331 e. The maximum atomic E-state index is 5.44. The standard InChI is InChI=1S/C12H13BrN2S3/c13-8-1-2-11-10(5-8)14-12(16)15(11)6-9-7-17-3-4-18-9/h1-2,5,9H,3-4,6-7H2,(H,14,16). The van der Waals surface area contributed by atoms with Crippen LogP contribution in [0.2, 0.25) is 0 Å². The van der Waals surface area contributed by atoms with Crippen LogP contribution < -0.4 is 0 Å². The summed E-state index contributed by atoms with van der Waals surface area (Å²) in [5.74, 6) is 3.78. The average molecular weight is 361 g/mol. The van der Waals surface area contributed by atoms with E-state index in [1.807, 2.05) is 0 Å². The lowest BCUT2D eigenvalue weighted by atomic mass is 10.3. The summed E-state index contributed by atoms with van der Waals surface area (Å²) in [4.78, 5) is 3.29. The Morgan fingerprint density at radius 3 is 3.11 bits per heavy atom. The summed E-state index contributed by atoms with van der Waals surface area (Å²) in [6.45, 7) is 1.01. The molecule has 1 unspecified atom stereocenters. The minimum absolute atomic E-state index is 0.679. The van der Waals surface area contributed by atoms with Gasteiger partial charge in [0.25, 0.3) is 0 Å². The second-order valence-corrected chi connectivity index (χ2v) is 8.13. The summed E-state index contributed by atoms with van der Waals surface area (Å²) in [6.07, 6.45) is 0. The van der Waals surface area contributed by atoms with Crippen molar-refractivity contribution in [3.05, 3.63) is 27.4 Å². The quantitative estimate of drug-likeness (QED) is 0.806. The number of H-pyrrole nitrogens is 1. The van der Waals surface area contributed by atoms with Gasteiger partial charge in [-0.3, -0.25) is 0 Å². The van der Waals surface area contributed by atoms with E-state index >= 15 is 0 Å². The molecule has 0 amide bonds. The van der Waals surface area contributed by atoms with Gasteiger partial charge in [0.05, 0.1) is 11.0 Å². The van der Waals surface area contributed by atoms with Gasteiger partial charge in [-0.2, -0.15) is 23.5 Å². The second-order valence-electron chi connectivity index (χ2n) is 4.27. The molecule has 1 aliphatic rings. The topological polar surface area (TPSA) is 20.7 Å². The molecule has 6 heteroatoms. The highest BCUT2D eigenvalue weighted by molar-refractivity contribution is 9.10. The zero-order chi connectivity index (χ0) is 12.5. The van der Waals surface area contributed by atoms with Crippen LogP contribution in [0.1, 0.15) is 0 Å². The van der Waals surface area contributed by atoms with E-state index in [-0.39, 0.29) is 0 Å². The number of hydrogen-bond donors (Lipinski definition) is 1. The van der Waals surface area contributed by atoms with Gasteiger partial charge in [-0.1, -0.05) is 15.9 Å². The first-order chi connectivity index (χ1) is 8.74. The van der Waals surface area contributed by atoms with Gasteiger partial charge in [-0.15, -0.1) is 0 Å². The highest BCUT2D eigenvalue weighted by Crippen LogP contribution is 2.27.